The van der Waals surface area contributed by atoms with Crippen LogP contribution in [0.3, 0.4) is 0 Å². The maximum atomic E-state index is 14.0. The predicted octanol–water partition coefficient (Wildman–Crippen LogP) is 3.56. The highest BCUT2D eigenvalue weighted by atomic mass is 19.1. The number of hydrogen-bond donors (Lipinski definition) is 1. The van der Waals surface area contributed by atoms with Crippen LogP contribution in [0.2, 0.25) is 0 Å². The van der Waals surface area contributed by atoms with Crippen LogP contribution in [0, 0.1) is 11.7 Å². The van der Waals surface area contributed by atoms with Crippen molar-refractivity contribution in [1.82, 2.24) is 10.2 Å². The largest absolute Gasteiger partial charge is 0.313 e. The van der Waals surface area contributed by atoms with Crippen LogP contribution < -0.4 is 5.32 Å². The molecular formula is C17H27FN2. The van der Waals surface area contributed by atoms with E-state index in [0.717, 1.165) is 37.7 Å². The first-order chi connectivity index (χ1) is 9.60. The summed E-state index contributed by atoms with van der Waals surface area (Å²) in [5.41, 5.74) is 1.99. The molecule has 1 aliphatic rings. The van der Waals surface area contributed by atoms with Crippen molar-refractivity contribution in [1.29, 1.82) is 0 Å². The second-order valence-corrected chi connectivity index (χ2v) is 6.17. The van der Waals surface area contributed by atoms with Crippen molar-refractivity contribution in [2.45, 2.75) is 52.7 Å². The molecule has 0 aromatic heterocycles. The van der Waals surface area contributed by atoms with Crippen LogP contribution in [0.15, 0.2) is 18.2 Å². The molecule has 0 bridgehead atoms. The number of rotatable bonds is 8. The lowest BCUT2D eigenvalue weighted by Gasteiger charge is -2.27. The summed E-state index contributed by atoms with van der Waals surface area (Å²) >= 11 is 0. The van der Waals surface area contributed by atoms with Crippen LogP contribution in [-0.2, 0) is 13.1 Å². The Labute approximate surface area is 122 Å². The Morgan fingerprint density at radius 1 is 1.35 bits per heavy atom. The normalized spacial score (nSPS) is 15.3. The quantitative estimate of drug-likeness (QED) is 0.782. The van der Waals surface area contributed by atoms with E-state index in [1.807, 2.05) is 12.1 Å². The monoisotopic (exact) mass is 278 g/mol. The van der Waals surface area contributed by atoms with Crippen molar-refractivity contribution in [3.05, 3.63) is 35.1 Å². The fourth-order valence-corrected chi connectivity index (χ4v) is 2.44. The van der Waals surface area contributed by atoms with Gasteiger partial charge in [-0.2, -0.15) is 0 Å². The van der Waals surface area contributed by atoms with Gasteiger partial charge in [0.2, 0.25) is 0 Å². The van der Waals surface area contributed by atoms with Crippen molar-refractivity contribution in [3.8, 4) is 0 Å². The molecule has 1 N–H and O–H groups in total. The lowest BCUT2D eigenvalue weighted by atomic mass is 10.1. The Morgan fingerprint density at radius 3 is 2.70 bits per heavy atom. The first kappa shape index (κ1) is 15.5. The average molecular weight is 278 g/mol. The molecule has 1 fully saturated rings. The second kappa shape index (κ2) is 7.19. The number of nitrogens with one attached hydrogen (secondary N) is 1. The van der Waals surface area contributed by atoms with Crippen LogP contribution >= 0.6 is 0 Å². The molecule has 112 valence electrons. The zero-order valence-corrected chi connectivity index (χ0v) is 13.0. The minimum atomic E-state index is -0.0771. The van der Waals surface area contributed by atoms with E-state index in [1.165, 1.54) is 18.4 Å². The lowest BCUT2D eigenvalue weighted by molar-refractivity contribution is 0.201. The van der Waals surface area contributed by atoms with Crippen LogP contribution in [0.4, 0.5) is 4.39 Å². The van der Waals surface area contributed by atoms with Crippen LogP contribution in [-0.4, -0.2) is 24.0 Å². The molecule has 0 heterocycles. The fraction of sp³-hybridized carbons (Fsp3) is 0.647. The summed E-state index contributed by atoms with van der Waals surface area (Å²) in [7, 11) is 0. The molecule has 1 saturated carbocycles. The minimum Gasteiger partial charge on any atom is -0.313 e. The van der Waals surface area contributed by atoms with Crippen molar-refractivity contribution in [2.75, 3.05) is 13.1 Å². The van der Waals surface area contributed by atoms with E-state index in [2.05, 4.69) is 31.0 Å². The first-order valence-corrected chi connectivity index (χ1v) is 7.82. The van der Waals surface area contributed by atoms with Gasteiger partial charge in [0.1, 0.15) is 5.82 Å². The Kier molecular flexibility index (Phi) is 5.55. The molecule has 3 heteroatoms. The van der Waals surface area contributed by atoms with E-state index < -0.39 is 0 Å². The van der Waals surface area contributed by atoms with Gasteiger partial charge in [-0.1, -0.05) is 19.1 Å². The van der Waals surface area contributed by atoms with Gasteiger partial charge in [0.25, 0.3) is 0 Å². The summed E-state index contributed by atoms with van der Waals surface area (Å²) < 4.78 is 14.0. The molecule has 0 radical (unpaired) electrons. The summed E-state index contributed by atoms with van der Waals surface area (Å²) in [6.07, 6.45) is 2.68. The maximum Gasteiger partial charge on any atom is 0.127 e. The summed E-state index contributed by atoms with van der Waals surface area (Å²) in [6, 6.07) is 5.97. The summed E-state index contributed by atoms with van der Waals surface area (Å²) in [6.45, 7) is 10.1. The van der Waals surface area contributed by atoms with Crippen molar-refractivity contribution in [3.63, 3.8) is 0 Å². The smallest absolute Gasteiger partial charge is 0.127 e. The molecule has 0 atom stereocenters. The second-order valence-electron chi connectivity index (χ2n) is 6.17. The third-order valence-corrected chi connectivity index (χ3v) is 3.98. The highest BCUT2D eigenvalue weighted by Crippen LogP contribution is 2.31. The van der Waals surface area contributed by atoms with Gasteiger partial charge in [0.15, 0.2) is 0 Å². The number of hydrogen-bond acceptors (Lipinski definition) is 2. The minimum absolute atomic E-state index is 0.0771. The Balaban J connectivity index is 2.04. The Morgan fingerprint density at radius 2 is 2.10 bits per heavy atom. The molecule has 1 aromatic rings. The molecule has 1 aromatic carbocycles. The summed E-state index contributed by atoms with van der Waals surface area (Å²) in [4.78, 5) is 2.40. The Bertz CT molecular complexity index is 427. The summed E-state index contributed by atoms with van der Waals surface area (Å²) in [5.74, 6) is 0.761. The van der Waals surface area contributed by atoms with E-state index in [0.29, 0.717) is 6.04 Å². The molecule has 0 aliphatic heterocycles. The highest BCUT2D eigenvalue weighted by molar-refractivity contribution is 5.25. The molecule has 0 unspecified atom stereocenters. The topological polar surface area (TPSA) is 15.3 Å². The SMILES string of the molecule is CCNCc1ccc(F)c(CN(CC2CC2)C(C)C)c1. The maximum absolute atomic E-state index is 14.0. The van der Waals surface area contributed by atoms with Gasteiger partial charge >= 0.3 is 0 Å². The summed E-state index contributed by atoms with van der Waals surface area (Å²) in [5, 5.41) is 3.29. The van der Waals surface area contributed by atoms with Gasteiger partial charge < -0.3 is 5.32 Å². The van der Waals surface area contributed by atoms with Gasteiger partial charge in [-0.3, -0.25) is 4.90 Å². The van der Waals surface area contributed by atoms with Gasteiger partial charge in [-0.15, -0.1) is 0 Å². The van der Waals surface area contributed by atoms with Crippen molar-refractivity contribution < 1.29 is 4.39 Å². The predicted molar refractivity (Wildman–Crippen MR) is 82.1 cm³/mol. The van der Waals surface area contributed by atoms with E-state index in [9.17, 15) is 4.39 Å². The number of halogens is 1. The number of benzene rings is 1. The lowest BCUT2D eigenvalue weighted by Crippen LogP contribution is -2.32. The third kappa shape index (κ3) is 4.57. The van der Waals surface area contributed by atoms with Crippen molar-refractivity contribution >= 4 is 0 Å². The van der Waals surface area contributed by atoms with Gasteiger partial charge in [0, 0.05) is 31.2 Å². The van der Waals surface area contributed by atoms with E-state index in [4.69, 9.17) is 0 Å². The third-order valence-electron chi connectivity index (χ3n) is 3.98. The van der Waals surface area contributed by atoms with E-state index >= 15 is 0 Å². The molecule has 20 heavy (non-hydrogen) atoms. The van der Waals surface area contributed by atoms with E-state index in [1.54, 1.807) is 6.07 Å². The Hall–Kier alpha value is -0.930. The molecule has 2 rings (SSSR count). The standard InChI is InChI=1S/C17H27FN2/c1-4-19-10-15-7-8-17(18)16(9-15)12-20(13(2)3)11-14-5-6-14/h7-9,13-14,19H,4-6,10-12H2,1-3H3. The van der Waals surface area contributed by atoms with E-state index in [-0.39, 0.29) is 5.82 Å². The highest BCUT2D eigenvalue weighted by Gasteiger charge is 2.25. The number of nitrogens with zero attached hydrogens (tertiary/aromatic N) is 1. The van der Waals surface area contributed by atoms with Crippen LogP contribution in [0.1, 0.15) is 44.7 Å². The molecular weight excluding hydrogens is 251 g/mol. The van der Waals surface area contributed by atoms with Gasteiger partial charge in [-0.25, -0.2) is 4.39 Å². The van der Waals surface area contributed by atoms with Crippen LogP contribution in [0.5, 0.6) is 0 Å². The van der Waals surface area contributed by atoms with Crippen molar-refractivity contribution in [2.24, 2.45) is 5.92 Å². The molecule has 2 nitrogen and oxygen atoms in total. The molecule has 0 spiro atoms. The van der Waals surface area contributed by atoms with Gasteiger partial charge in [-0.05, 0) is 50.8 Å². The zero-order valence-electron chi connectivity index (χ0n) is 13.0. The molecule has 0 saturated heterocycles. The zero-order chi connectivity index (χ0) is 14.5. The fourth-order valence-electron chi connectivity index (χ4n) is 2.44. The molecule has 0 amide bonds. The van der Waals surface area contributed by atoms with Crippen LogP contribution in [0.25, 0.3) is 0 Å². The molecule has 1 aliphatic carbocycles. The first-order valence-electron chi connectivity index (χ1n) is 7.82. The average Bonchev–Trinajstić information content (AvgIpc) is 3.22. The van der Waals surface area contributed by atoms with Gasteiger partial charge in [0.05, 0.1) is 0 Å².